The number of ether oxygens (including phenoxy) is 1. The summed E-state index contributed by atoms with van der Waals surface area (Å²) < 4.78 is 7.80. The summed E-state index contributed by atoms with van der Waals surface area (Å²) >= 11 is 0. The predicted molar refractivity (Wildman–Crippen MR) is 208 cm³/mol. The number of likely N-dealkylation sites (tertiary alicyclic amines) is 1. The van der Waals surface area contributed by atoms with Gasteiger partial charge in [0.2, 0.25) is 11.8 Å². The van der Waals surface area contributed by atoms with Gasteiger partial charge in [0.25, 0.3) is 0 Å². The molecule has 2 aromatic rings. The number of oxime groups is 1. The minimum atomic E-state index is -1.19. The number of hydrogen-bond donors (Lipinski definition) is 3. The zero-order valence-electron chi connectivity index (χ0n) is 32.8. The van der Waals surface area contributed by atoms with Gasteiger partial charge in [-0.3, -0.25) is 14.5 Å². The molecule has 4 unspecified atom stereocenters. The topological polar surface area (TPSA) is 134 Å². The van der Waals surface area contributed by atoms with Gasteiger partial charge in [-0.2, -0.15) is 5.10 Å². The van der Waals surface area contributed by atoms with Gasteiger partial charge in [0.1, 0.15) is 0 Å². The highest BCUT2D eigenvalue weighted by molar-refractivity contribution is 5.96. The summed E-state index contributed by atoms with van der Waals surface area (Å²) in [7, 11) is 0. The van der Waals surface area contributed by atoms with E-state index in [2.05, 4.69) is 101 Å². The number of nitrogens with zero attached hydrogens (tertiary/aromatic N) is 5. The van der Waals surface area contributed by atoms with E-state index >= 15 is 4.79 Å². The van der Waals surface area contributed by atoms with Crippen LogP contribution in [-0.2, 0) is 38.5 Å². The summed E-state index contributed by atoms with van der Waals surface area (Å²) in [6.45, 7) is 13.5. The Morgan fingerprint density at radius 1 is 1.16 bits per heavy atom. The van der Waals surface area contributed by atoms with Crippen LogP contribution in [0, 0.1) is 37.5 Å². The molecular formula is C43H55N7O5. The van der Waals surface area contributed by atoms with Crippen molar-refractivity contribution in [3.63, 3.8) is 0 Å². The number of nitrogens with one attached hydrogen (secondary N) is 2. The number of aromatic nitrogens is 2. The van der Waals surface area contributed by atoms with E-state index in [4.69, 9.17) is 14.7 Å². The maximum atomic E-state index is 15.3. The number of fused-ring (bicyclic) bond motifs is 2. The second kappa shape index (κ2) is 14.0. The van der Waals surface area contributed by atoms with Crippen molar-refractivity contribution < 1.29 is 24.3 Å². The first-order valence-corrected chi connectivity index (χ1v) is 20.5. The van der Waals surface area contributed by atoms with Gasteiger partial charge in [0.05, 0.1) is 28.7 Å². The highest BCUT2D eigenvalue weighted by Crippen LogP contribution is 2.56. The number of carbonyl (C=O) groups excluding carboxylic acids is 2. The van der Waals surface area contributed by atoms with Gasteiger partial charge >= 0.3 is 6.41 Å². The van der Waals surface area contributed by atoms with Crippen LogP contribution in [0.2, 0.25) is 0 Å². The molecule has 0 spiro atoms. The van der Waals surface area contributed by atoms with Crippen LogP contribution in [0.25, 0.3) is 5.69 Å². The standard InChI is InChI=1S/C43H55N7O5/c1-6-33-24(2)17-32(18-25(33)3)50-39(27(5)29-9-13-44-38(51)21-29)34-23-48(14-10-35(34)46-50)40(52)37-20-31-19-30(28-11-15-54-16-12-28)7-8-36(31)49(37)43(22-26(43)4)41-45-42(53)55-47-41/h7-9,13,17-19,26-29,31,36-37,42,53H,6,10-12,14-16,20-23H2,1-5H3,(H,44,51)(H,45,47)/t26-,27-,29?,31?,36?,37+,42?,43-/m0/s1. The third-order valence-corrected chi connectivity index (χ3v) is 13.9. The normalized spacial score (nSPS) is 32.3. The summed E-state index contributed by atoms with van der Waals surface area (Å²) in [5.74, 6) is 1.61. The van der Waals surface area contributed by atoms with Crippen molar-refractivity contribution in [2.75, 3.05) is 19.8 Å². The maximum Gasteiger partial charge on any atom is 0.304 e. The lowest BCUT2D eigenvalue weighted by Gasteiger charge is -2.40. The van der Waals surface area contributed by atoms with Gasteiger partial charge in [0, 0.05) is 62.9 Å². The fourth-order valence-corrected chi connectivity index (χ4v) is 10.9. The number of amidine groups is 1. The SMILES string of the molecule is CCc1c(C)cc(-n2nc3c(c2[C@@H](C)C2C=CNC(=O)C2)CN(C(=O)[C@H]2CC4C=C(C5CCOCC5)C=CC4N2[C@@]2(C4=NOC(O)N4)C[C@@H]2C)CC3)cc1C. The molecular weight excluding hydrogens is 695 g/mol. The molecule has 9 rings (SSSR count). The molecule has 6 heterocycles. The van der Waals surface area contributed by atoms with Crippen molar-refractivity contribution >= 4 is 17.6 Å². The van der Waals surface area contributed by atoms with Crippen LogP contribution >= 0.6 is 0 Å². The van der Waals surface area contributed by atoms with E-state index in [0.29, 0.717) is 44.1 Å². The lowest BCUT2D eigenvalue weighted by atomic mass is 9.82. The largest absolute Gasteiger partial charge is 0.381 e. The van der Waals surface area contributed by atoms with Crippen molar-refractivity contribution in [1.82, 2.24) is 30.2 Å². The molecule has 3 N–H and O–H groups in total. The van der Waals surface area contributed by atoms with Crippen molar-refractivity contribution in [2.24, 2.45) is 28.8 Å². The first-order chi connectivity index (χ1) is 26.6. The molecule has 1 aromatic carbocycles. The molecule has 2 aliphatic carbocycles. The van der Waals surface area contributed by atoms with E-state index in [1.165, 1.54) is 22.3 Å². The number of hydrogen-bond acceptors (Lipinski definition) is 9. The molecule has 12 heteroatoms. The third-order valence-electron chi connectivity index (χ3n) is 13.9. The van der Waals surface area contributed by atoms with Crippen LogP contribution < -0.4 is 10.6 Å². The first-order valence-electron chi connectivity index (χ1n) is 20.5. The second-order valence-corrected chi connectivity index (χ2v) is 17.0. The van der Waals surface area contributed by atoms with Crippen LogP contribution in [0.5, 0.6) is 0 Å². The number of aryl methyl sites for hydroxylation is 2. The van der Waals surface area contributed by atoms with E-state index in [1.54, 1.807) is 6.20 Å². The molecule has 12 nitrogen and oxygen atoms in total. The number of rotatable bonds is 8. The van der Waals surface area contributed by atoms with Crippen molar-refractivity contribution in [3.8, 4) is 5.69 Å². The van der Waals surface area contributed by atoms with Gasteiger partial charge in [0.15, 0.2) is 5.84 Å². The number of amides is 2. The summed E-state index contributed by atoms with van der Waals surface area (Å²) in [4.78, 5) is 37.6. The molecule has 292 valence electrons. The Balaban J connectivity index is 1.08. The van der Waals surface area contributed by atoms with Crippen molar-refractivity contribution in [1.29, 1.82) is 0 Å². The lowest BCUT2D eigenvalue weighted by molar-refractivity contribution is -0.138. The van der Waals surface area contributed by atoms with Crippen LogP contribution in [0.4, 0.5) is 0 Å². The average molecular weight is 750 g/mol. The van der Waals surface area contributed by atoms with Gasteiger partial charge in [-0.15, -0.1) is 0 Å². The second-order valence-electron chi connectivity index (χ2n) is 17.0. The predicted octanol–water partition coefficient (Wildman–Crippen LogP) is 4.66. The minimum absolute atomic E-state index is 0.00176. The van der Waals surface area contributed by atoms with E-state index in [0.717, 1.165) is 61.5 Å². The molecule has 8 atom stereocenters. The summed E-state index contributed by atoms with van der Waals surface area (Å²) in [5, 5.41) is 25.9. The molecule has 2 saturated heterocycles. The van der Waals surface area contributed by atoms with Crippen molar-refractivity contribution in [3.05, 3.63) is 81.9 Å². The highest BCUT2D eigenvalue weighted by Gasteiger charge is 2.67. The van der Waals surface area contributed by atoms with Gasteiger partial charge in [-0.25, -0.2) is 4.68 Å². The third kappa shape index (κ3) is 6.15. The first kappa shape index (κ1) is 36.4. The van der Waals surface area contributed by atoms with Gasteiger partial charge in [-0.1, -0.05) is 50.2 Å². The lowest BCUT2D eigenvalue weighted by Crippen LogP contribution is -2.59. The van der Waals surface area contributed by atoms with Crippen LogP contribution in [0.15, 0.2) is 53.4 Å². The Morgan fingerprint density at radius 3 is 2.60 bits per heavy atom. The Kier molecular flexibility index (Phi) is 9.29. The van der Waals surface area contributed by atoms with Crippen molar-refractivity contribution in [2.45, 2.75) is 116 Å². The van der Waals surface area contributed by atoms with E-state index in [-0.39, 0.29) is 47.6 Å². The molecule has 7 aliphatic rings. The van der Waals surface area contributed by atoms with E-state index < -0.39 is 12.0 Å². The minimum Gasteiger partial charge on any atom is -0.381 e. The maximum absolute atomic E-state index is 15.3. The number of aliphatic hydroxyl groups is 1. The summed E-state index contributed by atoms with van der Waals surface area (Å²) in [5.41, 5.74) is 8.88. The molecule has 2 amide bonds. The number of carbonyl (C=O) groups is 2. The van der Waals surface area contributed by atoms with Gasteiger partial charge < -0.3 is 30.2 Å². The van der Waals surface area contributed by atoms with E-state index in [1.807, 2.05) is 0 Å². The quantitative estimate of drug-likeness (QED) is 0.355. The smallest absolute Gasteiger partial charge is 0.304 e. The Bertz CT molecular complexity index is 1990. The van der Waals surface area contributed by atoms with Crippen LogP contribution in [0.1, 0.15) is 92.4 Å². The fraction of sp³-hybridized carbons (Fsp3) is 0.581. The molecule has 1 aromatic heterocycles. The number of allylic oxidation sites excluding steroid dienone is 3. The zero-order valence-corrected chi connectivity index (χ0v) is 32.8. The average Bonchev–Trinajstić information content (AvgIpc) is 3.52. The summed E-state index contributed by atoms with van der Waals surface area (Å²) in [6, 6.07) is 4.10. The van der Waals surface area contributed by atoms with E-state index in [9.17, 15) is 9.90 Å². The zero-order chi connectivity index (χ0) is 38.2. The molecule has 3 fully saturated rings. The Morgan fingerprint density at radius 2 is 1.93 bits per heavy atom. The fourth-order valence-electron chi connectivity index (χ4n) is 10.9. The molecule has 1 saturated carbocycles. The molecule has 55 heavy (non-hydrogen) atoms. The number of benzene rings is 1. The number of aliphatic hydroxyl groups excluding tert-OH is 1. The Hall–Kier alpha value is -4.26. The highest BCUT2D eigenvalue weighted by atomic mass is 16.7. The molecule has 5 aliphatic heterocycles. The van der Waals surface area contributed by atoms with Crippen LogP contribution in [0.3, 0.4) is 0 Å². The monoisotopic (exact) mass is 749 g/mol. The van der Waals surface area contributed by atoms with Crippen LogP contribution in [-0.4, -0.2) is 86.1 Å². The molecule has 0 radical (unpaired) electrons. The van der Waals surface area contributed by atoms with Gasteiger partial charge in [-0.05, 0) is 104 Å². The molecule has 0 bridgehead atoms. The summed E-state index contributed by atoms with van der Waals surface area (Å²) in [6.07, 6.45) is 15.3. The Labute approximate surface area is 323 Å².